The number of thiol groups is 1. The Morgan fingerprint density at radius 2 is 1.49 bits per heavy atom. The largest absolute Gasteiger partial charge is 0.473 e. The monoisotopic (exact) mass is 690 g/mol. The molecular weight excluding hydrogens is 665 g/mol. The van der Waals surface area contributed by atoms with Gasteiger partial charge in [0.05, 0.1) is 25.4 Å². The molecule has 0 radical (unpaired) electrons. The number of aliphatic hydroxyl groups is 1. The number of phosphoric ester groups is 1. The highest BCUT2D eigenvalue weighted by Gasteiger charge is 2.55. The fourth-order valence-corrected chi connectivity index (χ4v) is 8.12. The lowest BCUT2D eigenvalue weighted by atomic mass is 10.1. The third-order valence-corrected chi connectivity index (χ3v) is 10.2. The molecule has 0 bridgehead atoms. The van der Waals surface area contributed by atoms with E-state index in [1.54, 1.807) is 0 Å². The van der Waals surface area contributed by atoms with Crippen LogP contribution in [0.2, 0.25) is 0 Å². The molecule has 4 aromatic heterocycles. The van der Waals surface area contributed by atoms with Gasteiger partial charge in [0.2, 0.25) is 0 Å². The summed E-state index contributed by atoms with van der Waals surface area (Å²) < 4.78 is 78.7. The summed E-state index contributed by atoms with van der Waals surface area (Å²) in [6, 6.07) is 0. The highest BCUT2D eigenvalue weighted by atomic mass is 32.7. The summed E-state index contributed by atoms with van der Waals surface area (Å²) in [4.78, 5) is 34.9. The van der Waals surface area contributed by atoms with Crippen molar-refractivity contribution in [2.75, 3.05) is 18.1 Å². The van der Waals surface area contributed by atoms with Crippen LogP contribution in [0.3, 0.4) is 0 Å². The minimum atomic E-state index is -5.10. The molecule has 45 heavy (non-hydrogen) atoms. The van der Waals surface area contributed by atoms with Crippen molar-refractivity contribution in [1.82, 2.24) is 39.0 Å². The van der Waals surface area contributed by atoms with Gasteiger partial charge in [-0.25, -0.2) is 43.4 Å². The Balaban J connectivity index is 1.19. The molecule has 0 spiro atoms. The number of aromatic nitrogens is 8. The van der Waals surface area contributed by atoms with Gasteiger partial charge in [-0.15, -0.1) is 0 Å². The smallest absolute Gasteiger partial charge is 0.386 e. The number of nitrogen functional groups attached to an aromatic ring is 2. The Morgan fingerprint density at radius 1 is 0.889 bits per heavy atom. The first-order chi connectivity index (χ1) is 21.3. The fraction of sp³-hybridized carbons (Fsp3) is 0.524. The number of nitrogens with zero attached hydrogens (tertiary/aromatic N) is 8. The quantitative estimate of drug-likeness (QED) is 0.143. The molecule has 0 saturated carbocycles. The van der Waals surface area contributed by atoms with Gasteiger partial charge in [-0.2, -0.15) is 0 Å². The second-order valence-electron chi connectivity index (χ2n) is 10.3. The summed E-state index contributed by atoms with van der Waals surface area (Å²) in [7, 11) is -5.10. The zero-order valence-corrected chi connectivity index (χ0v) is 25.5. The molecule has 6 N–H and O–H groups in total. The second kappa shape index (κ2) is 11.1. The Labute approximate surface area is 256 Å². The zero-order valence-electron chi connectivity index (χ0n) is 22.8. The van der Waals surface area contributed by atoms with Crippen LogP contribution in [0.4, 0.5) is 16.0 Å². The summed E-state index contributed by atoms with van der Waals surface area (Å²) in [5, 5.41) is 11.3. The lowest BCUT2D eigenvalue weighted by molar-refractivity contribution is -0.0840. The van der Waals surface area contributed by atoms with Crippen LogP contribution < -0.4 is 11.5 Å². The van der Waals surface area contributed by atoms with Crippen LogP contribution in [0, 0.1) is 0 Å². The van der Waals surface area contributed by atoms with Crippen LogP contribution in [0.15, 0.2) is 25.3 Å². The second-order valence-corrected chi connectivity index (χ2v) is 14.6. The Hall–Kier alpha value is -2.88. The fourth-order valence-electron chi connectivity index (χ4n) is 5.50. The van der Waals surface area contributed by atoms with E-state index in [4.69, 9.17) is 39.0 Å². The van der Waals surface area contributed by atoms with Crippen LogP contribution in [0.5, 0.6) is 0 Å². The predicted octanol–water partition coefficient (Wildman–Crippen LogP) is 0.668. The van der Waals surface area contributed by atoms with Gasteiger partial charge in [0.1, 0.15) is 54.2 Å². The molecule has 0 aromatic carbocycles. The van der Waals surface area contributed by atoms with Crippen molar-refractivity contribution in [2.24, 2.45) is 0 Å². The molecule has 7 rings (SSSR count). The average molecular weight is 691 g/mol. The zero-order chi connectivity index (χ0) is 31.8. The summed E-state index contributed by atoms with van der Waals surface area (Å²) >= 11 is 4.04. The van der Waals surface area contributed by atoms with E-state index in [-0.39, 0.29) is 34.0 Å². The van der Waals surface area contributed by atoms with Crippen molar-refractivity contribution in [3.8, 4) is 0 Å². The maximum atomic E-state index is 16.0. The van der Waals surface area contributed by atoms with Crippen molar-refractivity contribution in [2.45, 2.75) is 62.2 Å². The highest BCUT2D eigenvalue weighted by Crippen LogP contribution is 2.59. The SMILES string of the molecule is C[C@@H]1OP(=O)(O)O[C@H]2[C@@H](F)[C@H](n3cnc4c(N)ncnc43)O[C@@H]2CO[P@](=O)(S)O[C@H]2[C@@H](O)[C@H](n3cnc4c(N)ncnc43)O[C@@H]21. The van der Waals surface area contributed by atoms with Gasteiger partial charge >= 0.3 is 14.6 Å². The number of phosphoric acid groups is 1. The van der Waals surface area contributed by atoms with E-state index in [1.807, 2.05) is 0 Å². The molecule has 3 aliphatic rings. The number of hydrogen-bond donors (Lipinski definition) is 5. The number of hydrogen-bond acceptors (Lipinski definition) is 17. The van der Waals surface area contributed by atoms with Crippen molar-refractivity contribution in [3.05, 3.63) is 25.3 Å². The summed E-state index contributed by atoms with van der Waals surface area (Å²) in [5.41, 5.74) is 12.4. The molecule has 1 unspecified atom stereocenters. The molecular formula is C21H25FN10O10P2S. The van der Waals surface area contributed by atoms with Gasteiger partial charge in [0.25, 0.3) is 0 Å². The lowest BCUT2D eigenvalue weighted by Crippen LogP contribution is -2.41. The van der Waals surface area contributed by atoms with Crippen LogP contribution in [-0.4, -0.2) is 98.4 Å². The first kappa shape index (κ1) is 30.8. The van der Waals surface area contributed by atoms with E-state index < -0.39 is 76.5 Å². The first-order valence-corrected chi connectivity index (χ1v) is 17.4. The van der Waals surface area contributed by atoms with Crippen LogP contribution in [0.1, 0.15) is 19.4 Å². The van der Waals surface area contributed by atoms with Crippen LogP contribution >= 0.6 is 26.9 Å². The molecule has 242 valence electrons. The van der Waals surface area contributed by atoms with Gasteiger partial charge in [-0.3, -0.25) is 27.2 Å². The molecule has 3 aliphatic heterocycles. The van der Waals surface area contributed by atoms with E-state index in [0.717, 1.165) is 6.33 Å². The standard InChI is InChI=1S/C21H25FN10O10P2S/c1-7-13-15(12(33)21(39-13)32-6-30-11-17(24)26-4-28-19(11)32)42-44(36,45)37-2-8-14(41-43(34,35)40-7)9(22)20(38-8)31-5-29-10-16(23)25-3-27-18(10)31/h3-9,12-15,20-21,33H,2H2,1H3,(H,34,35)(H,36,45)(H2,23,25,27)(H2,24,26,28)/t7-,8+,9+,12+,13+,14+,15-,20+,21+,44-/m0/s1. The number of aliphatic hydroxyl groups excluding tert-OH is 1. The number of imidazole rings is 2. The normalized spacial score (nSPS) is 39.4. The van der Waals surface area contributed by atoms with Gasteiger partial charge in [0.15, 0.2) is 41.6 Å². The van der Waals surface area contributed by atoms with Gasteiger partial charge in [-0.1, -0.05) is 12.2 Å². The van der Waals surface area contributed by atoms with Crippen LogP contribution in [-0.2, 0) is 36.7 Å². The van der Waals surface area contributed by atoms with Crippen LogP contribution in [0.25, 0.3) is 22.3 Å². The highest BCUT2D eigenvalue weighted by molar-refractivity contribution is 8.44. The number of alkyl halides is 1. The molecule has 3 fully saturated rings. The number of ether oxygens (including phenoxy) is 2. The number of fused-ring (bicyclic) bond motifs is 4. The molecule has 24 heteroatoms. The third-order valence-electron chi connectivity index (χ3n) is 7.51. The number of rotatable bonds is 2. The molecule has 0 aliphatic carbocycles. The molecule has 0 amide bonds. The summed E-state index contributed by atoms with van der Waals surface area (Å²) in [6.07, 6.45) is -9.21. The van der Waals surface area contributed by atoms with Crippen molar-refractivity contribution >= 4 is 60.8 Å². The molecule has 4 aromatic rings. The summed E-state index contributed by atoms with van der Waals surface area (Å²) in [6.45, 7) is -3.76. The summed E-state index contributed by atoms with van der Waals surface area (Å²) in [5.74, 6) is 0.0987. The predicted molar refractivity (Wildman–Crippen MR) is 151 cm³/mol. The van der Waals surface area contributed by atoms with Crippen molar-refractivity contribution in [1.29, 1.82) is 0 Å². The maximum absolute atomic E-state index is 16.0. The van der Waals surface area contributed by atoms with Gasteiger partial charge < -0.3 is 30.9 Å². The Morgan fingerprint density at radius 3 is 2.11 bits per heavy atom. The topological polar surface area (TPSA) is 269 Å². The molecule has 3 saturated heterocycles. The van der Waals surface area contributed by atoms with E-state index in [2.05, 4.69) is 42.2 Å². The minimum absolute atomic E-state index is 0.0319. The van der Waals surface area contributed by atoms with E-state index in [1.165, 1.54) is 35.0 Å². The van der Waals surface area contributed by atoms with E-state index in [9.17, 15) is 19.1 Å². The Kier molecular flexibility index (Phi) is 7.61. The number of anilines is 2. The first-order valence-electron chi connectivity index (χ1n) is 13.2. The van der Waals surface area contributed by atoms with E-state index in [0.29, 0.717) is 0 Å². The lowest BCUT2D eigenvalue weighted by Gasteiger charge is -2.31. The van der Waals surface area contributed by atoms with Crippen molar-refractivity contribution < 1.29 is 51.1 Å². The number of nitrogens with two attached hydrogens (primary N) is 2. The van der Waals surface area contributed by atoms with Crippen molar-refractivity contribution in [3.63, 3.8) is 0 Å². The van der Waals surface area contributed by atoms with Gasteiger partial charge in [-0.05, 0) is 6.92 Å². The molecule has 11 atom stereocenters. The van der Waals surface area contributed by atoms with Gasteiger partial charge in [0, 0.05) is 0 Å². The van der Waals surface area contributed by atoms with E-state index >= 15 is 4.39 Å². The molecule has 20 nitrogen and oxygen atoms in total. The molecule has 7 heterocycles. The average Bonchev–Trinajstić information content (AvgIpc) is 3.73. The third kappa shape index (κ3) is 5.38. The maximum Gasteiger partial charge on any atom is 0.473 e. The minimum Gasteiger partial charge on any atom is -0.386 e. The Bertz CT molecular complexity index is 1870. The number of halogens is 1.